The van der Waals surface area contributed by atoms with Crippen LogP contribution in [0.5, 0.6) is 0 Å². The Labute approximate surface area is 139 Å². The van der Waals surface area contributed by atoms with Crippen molar-refractivity contribution in [1.82, 2.24) is 10.6 Å². The number of amides is 2. The highest BCUT2D eigenvalue weighted by Gasteiger charge is 2.51. The van der Waals surface area contributed by atoms with Crippen molar-refractivity contribution in [2.24, 2.45) is 17.8 Å². The highest BCUT2D eigenvalue weighted by Crippen LogP contribution is 2.55. The van der Waals surface area contributed by atoms with Gasteiger partial charge in [-0.1, -0.05) is 24.3 Å². The molecule has 0 spiro atoms. The third-order valence-corrected chi connectivity index (χ3v) is 6.36. The first-order chi connectivity index (χ1) is 11.1. The van der Waals surface area contributed by atoms with Gasteiger partial charge in [-0.25, -0.2) is 4.79 Å². The molecule has 0 radical (unpaired) electrons. The molecule has 4 aliphatic rings. The van der Waals surface area contributed by atoms with E-state index in [4.69, 9.17) is 0 Å². The summed E-state index contributed by atoms with van der Waals surface area (Å²) >= 11 is 0. The summed E-state index contributed by atoms with van der Waals surface area (Å²) in [7, 11) is 0. The molecule has 4 fully saturated rings. The Morgan fingerprint density at radius 1 is 1.09 bits per heavy atom. The smallest absolute Gasteiger partial charge is 0.315 e. The van der Waals surface area contributed by atoms with Crippen molar-refractivity contribution in [1.29, 1.82) is 0 Å². The van der Waals surface area contributed by atoms with Crippen molar-refractivity contribution in [3.05, 3.63) is 35.4 Å². The normalized spacial score (nSPS) is 34.4. The van der Waals surface area contributed by atoms with Crippen molar-refractivity contribution in [3.63, 3.8) is 0 Å². The van der Waals surface area contributed by atoms with Gasteiger partial charge in [0.15, 0.2) is 0 Å². The highest BCUT2D eigenvalue weighted by molar-refractivity contribution is 5.74. The predicted octanol–water partition coefficient (Wildman–Crippen LogP) is 3.81. The van der Waals surface area contributed by atoms with Crippen molar-refractivity contribution in [2.75, 3.05) is 6.54 Å². The lowest BCUT2D eigenvalue weighted by atomic mass is 9.53. The van der Waals surface area contributed by atoms with E-state index < -0.39 is 0 Å². The first-order valence-electron chi connectivity index (χ1n) is 9.22. The fourth-order valence-corrected chi connectivity index (χ4v) is 5.75. The van der Waals surface area contributed by atoms with Gasteiger partial charge in [-0.2, -0.15) is 0 Å². The number of hydrogen-bond acceptors (Lipinski definition) is 1. The maximum atomic E-state index is 12.4. The second-order valence-corrected chi connectivity index (χ2v) is 8.26. The lowest BCUT2D eigenvalue weighted by Crippen LogP contribution is -2.61. The van der Waals surface area contributed by atoms with E-state index in [9.17, 15) is 4.79 Å². The summed E-state index contributed by atoms with van der Waals surface area (Å²) in [5.74, 6) is 2.61. The summed E-state index contributed by atoms with van der Waals surface area (Å²) in [6.45, 7) is 2.84. The molecule has 4 bridgehead atoms. The molecule has 23 heavy (non-hydrogen) atoms. The van der Waals surface area contributed by atoms with Crippen LogP contribution in [0.3, 0.4) is 0 Å². The number of rotatable bonds is 4. The minimum Gasteiger partial charge on any atom is -0.338 e. The monoisotopic (exact) mass is 312 g/mol. The molecule has 4 aliphatic carbocycles. The Morgan fingerprint density at radius 3 is 2.30 bits per heavy atom. The molecule has 0 aromatic heterocycles. The molecule has 1 aromatic carbocycles. The Morgan fingerprint density at radius 2 is 1.70 bits per heavy atom. The maximum absolute atomic E-state index is 12.4. The van der Waals surface area contributed by atoms with Gasteiger partial charge in [-0.15, -0.1) is 0 Å². The Hall–Kier alpha value is -1.51. The number of carbonyl (C=O) groups excluding carboxylic acids is 1. The van der Waals surface area contributed by atoms with Crippen LogP contribution in [0.1, 0.15) is 49.7 Å². The van der Waals surface area contributed by atoms with Crippen LogP contribution >= 0.6 is 0 Å². The van der Waals surface area contributed by atoms with E-state index in [1.54, 1.807) is 0 Å². The van der Waals surface area contributed by atoms with Crippen LogP contribution in [-0.2, 0) is 6.42 Å². The molecule has 4 saturated carbocycles. The van der Waals surface area contributed by atoms with Gasteiger partial charge in [0.05, 0.1) is 0 Å². The Bertz CT molecular complexity index is 560. The van der Waals surface area contributed by atoms with Gasteiger partial charge < -0.3 is 10.6 Å². The number of nitrogens with one attached hydrogen (secondary N) is 2. The molecule has 3 nitrogen and oxygen atoms in total. The molecule has 0 aliphatic heterocycles. The standard InChI is InChI=1S/C20H28N2O/c1-14-4-2-3-5-18(14)6-7-21-19(23)22-20-11-15-8-16(12-20)10-17(9-15)13-20/h2-5,15-17H,6-13H2,1H3,(H2,21,22,23). The fourth-order valence-electron chi connectivity index (χ4n) is 5.75. The SMILES string of the molecule is Cc1ccccc1CCNC(=O)NC12CC3CC(CC(C3)C1)C2. The Kier molecular flexibility index (Phi) is 3.82. The predicted molar refractivity (Wildman–Crippen MR) is 92.3 cm³/mol. The first-order valence-corrected chi connectivity index (χ1v) is 9.22. The fraction of sp³-hybridized carbons (Fsp3) is 0.650. The van der Waals surface area contributed by atoms with E-state index in [-0.39, 0.29) is 11.6 Å². The summed E-state index contributed by atoms with van der Waals surface area (Å²) < 4.78 is 0. The number of carbonyl (C=O) groups is 1. The first kappa shape index (κ1) is 15.0. The van der Waals surface area contributed by atoms with E-state index in [0.717, 1.165) is 24.2 Å². The molecule has 124 valence electrons. The van der Waals surface area contributed by atoms with Gasteiger partial charge in [-0.3, -0.25) is 0 Å². The molecule has 0 atom stereocenters. The number of urea groups is 1. The summed E-state index contributed by atoms with van der Waals surface area (Å²) in [5, 5.41) is 6.46. The van der Waals surface area contributed by atoms with Crippen molar-refractivity contribution >= 4 is 6.03 Å². The molecule has 2 N–H and O–H groups in total. The van der Waals surface area contributed by atoms with E-state index in [2.05, 4.69) is 41.8 Å². The van der Waals surface area contributed by atoms with E-state index in [1.807, 2.05) is 0 Å². The molecule has 0 saturated heterocycles. The lowest BCUT2D eigenvalue weighted by molar-refractivity contribution is -0.0135. The van der Waals surface area contributed by atoms with E-state index in [0.29, 0.717) is 6.54 Å². The molecule has 1 aromatic rings. The van der Waals surface area contributed by atoms with Gasteiger partial charge in [-0.05, 0) is 80.8 Å². The molecule has 2 amide bonds. The van der Waals surface area contributed by atoms with Gasteiger partial charge in [0, 0.05) is 12.1 Å². The molecule has 0 unspecified atom stereocenters. The third kappa shape index (κ3) is 3.11. The zero-order valence-corrected chi connectivity index (χ0v) is 14.1. The molecular weight excluding hydrogens is 284 g/mol. The van der Waals surface area contributed by atoms with Crippen LogP contribution in [0.2, 0.25) is 0 Å². The minimum atomic E-state index is 0.0422. The minimum absolute atomic E-state index is 0.0422. The second kappa shape index (κ2) is 5.85. The summed E-state index contributed by atoms with van der Waals surface area (Å²) in [6, 6.07) is 8.45. The largest absolute Gasteiger partial charge is 0.338 e. The summed E-state index contributed by atoms with van der Waals surface area (Å²) in [5.41, 5.74) is 2.74. The van der Waals surface area contributed by atoms with Gasteiger partial charge in [0.1, 0.15) is 0 Å². The van der Waals surface area contributed by atoms with Crippen LogP contribution in [0.4, 0.5) is 4.79 Å². The highest BCUT2D eigenvalue weighted by atomic mass is 16.2. The van der Waals surface area contributed by atoms with Gasteiger partial charge >= 0.3 is 6.03 Å². The zero-order valence-electron chi connectivity index (χ0n) is 14.1. The van der Waals surface area contributed by atoms with Crippen LogP contribution in [0, 0.1) is 24.7 Å². The molecule has 3 heteroatoms. The van der Waals surface area contributed by atoms with Gasteiger partial charge in [0.2, 0.25) is 0 Å². The lowest BCUT2D eigenvalue weighted by Gasteiger charge is -2.56. The van der Waals surface area contributed by atoms with E-state index >= 15 is 0 Å². The zero-order chi connectivity index (χ0) is 15.9. The molecular formula is C20H28N2O. The molecule has 5 rings (SSSR count). The second-order valence-electron chi connectivity index (χ2n) is 8.26. The van der Waals surface area contributed by atoms with Crippen LogP contribution in [0.25, 0.3) is 0 Å². The Balaban J connectivity index is 1.30. The average molecular weight is 312 g/mol. The average Bonchev–Trinajstić information content (AvgIpc) is 2.47. The van der Waals surface area contributed by atoms with Crippen LogP contribution in [-0.4, -0.2) is 18.1 Å². The van der Waals surface area contributed by atoms with Gasteiger partial charge in [0.25, 0.3) is 0 Å². The summed E-state index contributed by atoms with van der Waals surface area (Å²) in [6.07, 6.45) is 8.78. The summed E-state index contributed by atoms with van der Waals surface area (Å²) in [4.78, 5) is 12.4. The number of benzene rings is 1. The van der Waals surface area contributed by atoms with Crippen LogP contribution < -0.4 is 10.6 Å². The molecule has 0 heterocycles. The van der Waals surface area contributed by atoms with Crippen LogP contribution in [0.15, 0.2) is 24.3 Å². The maximum Gasteiger partial charge on any atom is 0.315 e. The third-order valence-electron chi connectivity index (χ3n) is 6.36. The number of hydrogen-bond donors (Lipinski definition) is 2. The van der Waals surface area contributed by atoms with Crippen molar-refractivity contribution < 1.29 is 4.79 Å². The quantitative estimate of drug-likeness (QED) is 0.872. The number of aryl methyl sites for hydroxylation is 1. The van der Waals surface area contributed by atoms with Crippen molar-refractivity contribution in [2.45, 2.75) is 57.4 Å². The van der Waals surface area contributed by atoms with E-state index in [1.165, 1.54) is 49.7 Å². The topological polar surface area (TPSA) is 41.1 Å². The van der Waals surface area contributed by atoms with Crippen molar-refractivity contribution in [3.8, 4) is 0 Å².